The van der Waals surface area contributed by atoms with Crippen LogP contribution in [0.4, 0.5) is 0 Å². The fraction of sp³-hybridized carbons (Fsp3) is 0.545. The zero-order valence-electron chi connectivity index (χ0n) is 8.72. The standard InChI is InChI=1S/C11H15BrClN/c1-4-10(13)8(3)11-7(2)5-9(12)6-14-11/h5-6,8,10H,4H2,1-3H3. The lowest BCUT2D eigenvalue weighted by atomic mass is 9.98. The number of rotatable bonds is 3. The highest BCUT2D eigenvalue weighted by Crippen LogP contribution is 2.27. The summed E-state index contributed by atoms with van der Waals surface area (Å²) in [6.45, 7) is 6.30. The fourth-order valence-electron chi connectivity index (χ4n) is 1.55. The Hall–Kier alpha value is -0.0800. The van der Waals surface area contributed by atoms with Crippen molar-refractivity contribution in [2.75, 3.05) is 0 Å². The first-order chi connectivity index (χ1) is 6.56. The molecule has 0 saturated carbocycles. The number of alkyl halides is 1. The molecule has 1 heterocycles. The van der Waals surface area contributed by atoms with E-state index in [0.29, 0.717) is 5.92 Å². The van der Waals surface area contributed by atoms with Crippen molar-refractivity contribution in [1.82, 2.24) is 4.98 Å². The van der Waals surface area contributed by atoms with Gasteiger partial charge in [0.25, 0.3) is 0 Å². The molecule has 0 fully saturated rings. The van der Waals surface area contributed by atoms with Gasteiger partial charge >= 0.3 is 0 Å². The summed E-state index contributed by atoms with van der Waals surface area (Å²) in [5, 5.41) is 0.169. The third-order valence-corrected chi connectivity index (χ3v) is 3.57. The molecule has 1 aromatic heterocycles. The van der Waals surface area contributed by atoms with Gasteiger partial charge in [-0.05, 0) is 40.9 Å². The first-order valence-electron chi connectivity index (χ1n) is 4.82. The topological polar surface area (TPSA) is 12.9 Å². The van der Waals surface area contributed by atoms with E-state index in [1.54, 1.807) is 0 Å². The number of aromatic nitrogens is 1. The molecule has 78 valence electrons. The molecule has 0 aliphatic carbocycles. The summed E-state index contributed by atoms with van der Waals surface area (Å²) in [7, 11) is 0. The van der Waals surface area contributed by atoms with Crippen molar-refractivity contribution in [3.8, 4) is 0 Å². The smallest absolute Gasteiger partial charge is 0.0476 e. The van der Waals surface area contributed by atoms with E-state index in [1.165, 1.54) is 5.56 Å². The maximum absolute atomic E-state index is 6.21. The predicted octanol–water partition coefficient (Wildman–Crippen LogP) is 4.27. The Morgan fingerprint density at radius 3 is 2.71 bits per heavy atom. The first-order valence-corrected chi connectivity index (χ1v) is 6.05. The monoisotopic (exact) mass is 275 g/mol. The quantitative estimate of drug-likeness (QED) is 0.751. The van der Waals surface area contributed by atoms with Crippen molar-refractivity contribution in [3.05, 3.63) is 28.0 Å². The normalized spacial score (nSPS) is 15.2. The second kappa shape index (κ2) is 5.13. The molecule has 0 spiro atoms. The molecule has 0 N–H and O–H groups in total. The molecule has 0 aromatic carbocycles. The van der Waals surface area contributed by atoms with Crippen molar-refractivity contribution >= 4 is 27.5 Å². The SMILES string of the molecule is CCC(Cl)C(C)c1ncc(Br)cc1C. The van der Waals surface area contributed by atoms with Gasteiger partial charge in [-0.2, -0.15) is 0 Å². The summed E-state index contributed by atoms with van der Waals surface area (Å²) in [6, 6.07) is 2.08. The molecule has 0 radical (unpaired) electrons. The summed E-state index contributed by atoms with van der Waals surface area (Å²) >= 11 is 9.61. The van der Waals surface area contributed by atoms with Crippen molar-refractivity contribution in [1.29, 1.82) is 0 Å². The summed E-state index contributed by atoms with van der Waals surface area (Å²) < 4.78 is 1.02. The molecular weight excluding hydrogens is 261 g/mol. The summed E-state index contributed by atoms with van der Waals surface area (Å²) in [5.41, 5.74) is 2.31. The van der Waals surface area contributed by atoms with E-state index in [9.17, 15) is 0 Å². The van der Waals surface area contributed by atoms with Crippen LogP contribution in [0.15, 0.2) is 16.7 Å². The number of hydrogen-bond donors (Lipinski definition) is 0. The van der Waals surface area contributed by atoms with E-state index in [1.807, 2.05) is 6.20 Å². The Balaban J connectivity index is 2.95. The molecule has 2 unspecified atom stereocenters. The zero-order valence-corrected chi connectivity index (χ0v) is 11.1. The summed E-state index contributed by atoms with van der Waals surface area (Å²) in [4.78, 5) is 4.42. The highest BCUT2D eigenvalue weighted by Gasteiger charge is 2.17. The molecule has 0 amide bonds. The van der Waals surface area contributed by atoms with Gasteiger partial charge in [-0.3, -0.25) is 4.98 Å². The molecule has 0 aliphatic rings. The Labute approximate surface area is 99.0 Å². The average Bonchev–Trinajstić information content (AvgIpc) is 2.15. The minimum atomic E-state index is 0.169. The lowest BCUT2D eigenvalue weighted by Gasteiger charge is -2.17. The van der Waals surface area contributed by atoms with Crippen LogP contribution in [0, 0.1) is 6.92 Å². The van der Waals surface area contributed by atoms with Crippen molar-refractivity contribution < 1.29 is 0 Å². The third kappa shape index (κ3) is 2.71. The highest BCUT2D eigenvalue weighted by molar-refractivity contribution is 9.10. The van der Waals surface area contributed by atoms with Crippen LogP contribution in [0.2, 0.25) is 0 Å². The van der Waals surface area contributed by atoms with Crippen LogP contribution < -0.4 is 0 Å². The molecule has 0 bridgehead atoms. The Bertz CT molecular complexity index is 314. The lowest BCUT2D eigenvalue weighted by molar-refractivity contribution is 0.652. The summed E-state index contributed by atoms with van der Waals surface area (Å²) in [6.07, 6.45) is 2.80. The average molecular weight is 277 g/mol. The second-order valence-electron chi connectivity index (χ2n) is 3.57. The van der Waals surface area contributed by atoms with Crippen LogP contribution in [0.25, 0.3) is 0 Å². The van der Waals surface area contributed by atoms with Crippen molar-refractivity contribution in [2.45, 2.75) is 38.5 Å². The van der Waals surface area contributed by atoms with Gasteiger partial charge in [-0.1, -0.05) is 13.8 Å². The van der Waals surface area contributed by atoms with Gasteiger partial charge < -0.3 is 0 Å². The van der Waals surface area contributed by atoms with Gasteiger partial charge in [-0.25, -0.2) is 0 Å². The highest BCUT2D eigenvalue weighted by atomic mass is 79.9. The number of hydrogen-bond acceptors (Lipinski definition) is 1. The Morgan fingerprint density at radius 1 is 1.57 bits per heavy atom. The predicted molar refractivity (Wildman–Crippen MR) is 65.0 cm³/mol. The molecule has 3 heteroatoms. The number of pyridine rings is 1. The van der Waals surface area contributed by atoms with Gasteiger partial charge in [0.15, 0.2) is 0 Å². The maximum atomic E-state index is 6.21. The minimum Gasteiger partial charge on any atom is -0.260 e. The Kier molecular flexibility index (Phi) is 4.39. The molecule has 14 heavy (non-hydrogen) atoms. The van der Waals surface area contributed by atoms with Crippen molar-refractivity contribution in [3.63, 3.8) is 0 Å². The summed E-state index contributed by atoms with van der Waals surface area (Å²) in [5.74, 6) is 0.315. The van der Waals surface area contributed by atoms with E-state index >= 15 is 0 Å². The van der Waals surface area contributed by atoms with Gasteiger partial charge in [0.2, 0.25) is 0 Å². The maximum Gasteiger partial charge on any atom is 0.0476 e. The number of aryl methyl sites for hydroxylation is 1. The van der Waals surface area contributed by atoms with E-state index in [4.69, 9.17) is 11.6 Å². The third-order valence-electron chi connectivity index (χ3n) is 2.45. The van der Waals surface area contributed by atoms with Crippen LogP contribution in [-0.2, 0) is 0 Å². The molecule has 1 aromatic rings. The van der Waals surface area contributed by atoms with Crippen LogP contribution in [0.1, 0.15) is 37.4 Å². The van der Waals surface area contributed by atoms with Gasteiger partial charge in [-0.15, -0.1) is 11.6 Å². The molecule has 1 nitrogen and oxygen atoms in total. The largest absolute Gasteiger partial charge is 0.260 e. The van der Waals surface area contributed by atoms with E-state index < -0.39 is 0 Å². The van der Waals surface area contributed by atoms with Crippen LogP contribution >= 0.6 is 27.5 Å². The zero-order chi connectivity index (χ0) is 10.7. The van der Waals surface area contributed by atoms with E-state index in [0.717, 1.165) is 16.6 Å². The number of nitrogens with zero attached hydrogens (tertiary/aromatic N) is 1. The van der Waals surface area contributed by atoms with Gasteiger partial charge in [0.1, 0.15) is 0 Å². The van der Waals surface area contributed by atoms with E-state index in [2.05, 4.69) is 47.8 Å². The Morgan fingerprint density at radius 2 is 2.21 bits per heavy atom. The van der Waals surface area contributed by atoms with Gasteiger partial charge in [0, 0.05) is 27.7 Å². The van der Waals surface area contributed by atoms with Crippen LogP contribution in [0.5, 0.6) is 0 Å². The molecule has 0 aliphatic heterocycles. The first kappa shape index (κ1) is 12.0. The van der Waals surface area contributed by atoms with E-state index in [-0.39, 0.29) is 5.38 Å². The van der Waals surface area contributed by atoms with Crippen molar-refractivity contribution in [2.24, 2.45) is 0 Å². The van der Waals surface area contributed by atoms with Gasteiger partial charge in [0.05, 0.1) is 0 Å². The fourth-order valence-corrected chi connectivity index (χ4v) is 2.12. The lowest BCUT2D eigenvalue weighted by Crippen LogP contribution is -2.11. The molecule has 1 rings (SSSR count). The van der Waals surface area contributed by atoms with Crippen LogP contribution in [-0.4, -0.2) is 10.4 Å². The minimum absolute atomic E-state index is 0.169. The molecular formula is C11H15BrClN. The number of halogens is 2. The van der Waals surface area contributed by atoms with Crippen LogP contribution in [0.3, 0.4) is 0 Å². The molecule has 2 atom stereocenters. The molecule has 0 saturated heterocycles. The second-order valence-corrected chi connectivity index (χ2v) is 5.04.